The molecule has 1 aromatic carbocycles. The monoisotopic (exact) mass is 390 g/mol. The molecule has 1 aromatic heterocycles. The highest BCUT2D eigenvalue weighted by molar-refractivity contribution is 7.14. The van der Waals surface area contributed by atoms with Crippen molar-refractivity contribution >= 4 is 28.1 Å². The second kappa shape index (κ2) is 10.0. The van der Waals surface area contributed by atoms with E-state index in [2.05, 4.69) is 11.9 Å². The van der Waals surface area contributed by atoms with Gasteiger partial charge in [-0.3, -0.25) is 4.70 Å². The average Bonchev–Trinajstić information content (AvgIpc) is 3.08. The number of halogens is 3. The number of carboxylic acids is 1. The van der Waals surface area contributed by atoms with E-state index in [1.54, 1.807) is 18.0 Å². The van der Waals surface area contributed by atoms with Gasteiger partial charge in [-0.15, -0.1) is 11.3 Å². The Balaban J connectivity index is 0.00000338. The van der Waals surface area contributed by atoms with Gasteiger partial charge < -0.3 is 14.7 Å². The number of carbonyl (C=O) groups is 1. The maximum Gasteiger partial charge on any atom is 0.355 e. The topological polar surface area (TPSA) is 62.7 Å². The molecule has 1 heterocycles. The van der Waals surface area contributed by atoms with Gasteiger partial charge in [-0.2, -0.15) is 0 Å². The highest BCUT2D eigenvalue weighted by Crippen LogP contribution is 2.35. The molecule has 0 aliphatic rings. The van der Waals surface area contributed by atoms with E-state index in [4.69, 9.17) is 9.84 Å². The van der Waals surface area contributed by atoms with Crippen LogP contribution in [0.2, 0.25) is 0 Å². The van der Waals surface area contributed by atoms with Crippen LogP contribution in [0.25, 0.3) is 0 Å². The molecule has 0 radical (unpaired) electrons. The van der Waals surface area contributed by atoms with E-state index < -0.39 is 12.4 Å². The fourth-order valence-electron chi connectivity index (χ4n) is 2.21. The van der Waals surface area contributed by atoms with Crippen molar-refractivity contribution in [1.82, 2.24) is 4.98 Å². The van der Waals surface area contributed by atoms with Crippen LogP contribution in [0, 0.1) is 0 Å². The van der Waals surface area contributed by atoms with E-state index in [0.717, 1.165) is 30.6 Å². The van der Waals surface area contributed by atoms with Crippen LogP contribution in [0.15, 0.2) is 23.6 Å². The SMILES string of the molecule is CCCCCOc1ccc(N(C)c2nc(C(=O)O)cs2)cc1C(F)F.F. The molecular formula is C17H21F3N2O3S. The van der Waals surface area contributed by atoms with Crippen LogP contribution in [-0.2, 0) is 0 Å². The van der Waals surface area contributed by atoms with Crippen molar-refractivity contribution in [3.05, 3.63) is 34.8 Å². The lowest BCUT2D eigenvalue weighted by Gasteiger charge is -2.19. The van der Waals surface area contributed by atoms with E-state index >= 15 is 0 Å². The summed E-state index contributed by atoms with van der Waals surface area (Å²) >= 11 is 1.13. The highest BCUT2D eigenvalue weighted by atomic mass is 32.1. The second-order valence-electron chi connectivity index (χ2n) is 5.46. The molecular weight excluding hydrogens is 369 g/mol. The number of ether oxygens (including phenoxy) is 1. The van der Waals surface area contributed by atoms with Crippen LogP contribution in [0.1, 0.15) is 48.7 Å². The predicted molar refractivity (Wildman–Crippen MR) is 96.1 cm³/mol. The zero-order valence-electron chi connectivity index (χ0n) is 14.4. The number of unbranched alkanes of at least 4 members (excludes halogenated alkanes) is 2. The van der Waals surface area contributed by atoms with Gasteiger partial charge >= 0.3 is 5.97 Å². The summed E-state index contributed by atoms with van der Waals surface area (Å²) in [7, 11) is 1.65. The molecule has 26 heavy (non-hydrogen) atoms. The highest BCUT2D eigenvalue weighted by Gasteiger charge is 2.18. The third-order valence-electron chi connectivity index (χ3n) is 3.62. The van der Waals surface area contributed by atoms with E-state index in [1.807, 2.05) is 0 Å². The summed E-state index contributed by atoms with van der Waals surface area (Å²) in [5.41, 5.74) is 0.232. The van der Waals surface area contributed by atoms with E-state index in [9.17, 15) is 13.6 Å². The van der Waals surface area contributed by atoms with Gasteiger partial charge in [-0.1, -0.05) is 19.8 Å². The second-order valence-corrected chi connectivity index (χ2v) is 6.29. The molecule has 9 heteroatoms. The minimum absolute atomic E-state index is 0. The van der Waals surface area contributed by atoms with Gasteiger partial charge in [0.05, 0.1) is 12.2 Å². The van der Waals surface area contributed by atoms with Crippen LogP contribution in [0.3, 0.4) is 0 Å². The lowest BCUT2D eigenvalue weighted by atomic mass is 10.1. The number of alkyl halides is 2. The maximum absolute atomic E-state index is 13.4. The Morgan fingerprint density at radius 2 is 2.12 bits per heavy atom. The molecule has 1 N–H and O–H groups in total. The molecule has 5 nitrogen and oxygen atoms in total. The Morgan fingerprint density at radius 1 is 1.38 bits per heavy atom. The molecule has 0 fully saturated rings. The Morgan fingerprint density at radius 3 is 2.69 bits per heavy atom. The fraction of sp³-hybridized carbons (Fsp3) is 0.412. The van der Waals surface area contributed by atoms with Crippen molar-refractivity contribution in [2.75, 3.05) is 18.6 Å². The largest absolute Gasteiger partial charge is 0.493 e. The summed E-state index contributed by atoms with van der Waals surface area (Å²) < 4.78 is 32.2. The predicted octanol–water partition coefficient (Wildman–Crippen LogP) is 5.27. The zero-order chi connectivity index (χ0) is 18.4. The van der Waals surface area contributed by atoms with Crippen molar-refractivity contribution < 1.29 is 28.1 Å². The summed E-state index contributed by atoms with van der Waals surface area (Å²) in [5.74, 6) is -0.950. The van der Waals surface area contributed by atoms with Crippen LogP contribution < -0.4 is 9.64 Å². The Bertz CT molecular complexity index is 725. The van der Waals surface area contributed by atoms with Crippen molar-refractivity contribution in [2.24, 2.45) is 0 Å². The summed E-state index contributed by atoms with van der Waals surface area (Å²) in [5, 5.41) is 10.8. The first-order chi connectivity index (χ1) is 11.9. The molecule has 0 saturated carbocycles. The van der Waals surface area contributed by atoms with Gasteiger partial charge in [-0.05, 0) is 24.6 Å². The van der Waals surface area contributed by atoms with E-state index in [0.29, 0.717) is 17.4 Å². The molecule has 2 rings (SSSR count). The van der Waals surface area contributed by atoms with Crippen LogP contribution in [0.4, 0.5) is 24.3 Å². The first-order valence-corrected chi connectivity index (χ1v) is 8.79. The first-order valence-electron chi connectivity index (χ1n) is 7.91. The standard InChI is InChI=1S/C17H20F2N2O3S.FH/c1-3-4-5-8-24-14-7-6-11(9-12(14)15(18)19)21(2)17-20-13(10-25-17)16(22)23;/h6-7,9-10,15H,3-5,8H2,1-2H3,(H,22,23);1H. The number of nitrogens with zero attached hydrogens (tertiary/aromatic N) is 2. The number of hydrogen-bond donors (Lipinski definition) is 1. The average molecular weight is 390 g/mol. The quantitative estimate of drug-likeness (QED) is 0.591. The number of carboxylic acid groups (broad SMARTS) is 1. The van der Waals surface area contributed by atoms with E-state index in [1.165, 1.54) is 17.5 Å². The Labute approximate surface area is 153 Å². The summed E-state index contributed by atoms with van der Waals surface area (Å²) in [6, 6.07) is 4.52. The van der Waals surface area contributed by atoms with Crippen molar-refractivity contribution in [2.45, 2.75) is 32.6 Å². The van der Waals surface area contributed by atoms with Gasteiger partial charge in [0.2, 0.25) is 0 Å². The number of aromatic carboxylic acids is 1. The van der Waals surface area contributed by atoms with Crippen molar-refractivity contribution in [3.63, 3.8) is 0 Å². The number of rotatable bonds is 9. The first kappa shape index (κ1) is 21.8. The summed E-state index contributed by atoms with van der Waals surface area (Å²) in [6.07, 6.45) is 0.167. The third kappa shape index (κ3) is 5.35. The molecule has 0 saturated heterocycles. The molecule has 0 unspecified atom stereocenters. The molecule has 144 valence electrons. The maximum atomic E-state index is 13.4. The minimum atomic E-state index is -2.67. The lowest BCUT2D eigenvalue weighted by Crippen LogP contribution is -2.11. The molecule has 0 atom stereocenters. The molecule has 0 spiro atoms. The minimum Gasteiger partial charge on any atom is -0.493 e. The van der Waals surface area contributed by atoms with Crippen molar-refractivity contribution in [3.8, 4) is 5.75 Å². The molecule has 2 aromatic rings. The molecule has 0 bridgehead atoms. The van der Waals surface area contributed by atoms with Crippen LogP contribution in [-0.4, -0.2) is 29.7 Å². The van der Waals surface area contributed by atoms with Crippen molar-refractivity contribution in [1.29, 1.82) is 0 Å². The number of benzene rings is 1. The number of aromatic nitrogens is 1. The number of hydrogen-bond acceptors (Lipinski definition) is 5. The van der Waals surface area contributed by atoms with Gasteiger partial charge in [0.1, 0.15) is 5.75 Å². The third-order valence-corrected chi connectivity index (χ3v) is 4.54. The molecule has 0 amide bonds. The van der Waals surface area contributed by atoms with Crippen LogP contribution >= 0.6 is 11.3 Å². The molecule has 0 aliphatic heterocycles. The number of thiazole rings is 1. The summed E-state index contributed by atoms with van der Waals surface area (Å²) in [4.78, 5) is 16.5. The molecule has 0 aliphatic carbocycles. The zero-order valence-corrected chi connectivity index (χ0v) is 15.3. The van der Waals surface area contributed by atoms with Gasteiger partial charge in [0.15, 0.2) is 10.8 Å². The normalized spacial score (nSPS) is 10.5. The Kier molecular flexibility index (Phi) is 8.37. The van der Waals surface area contributed by atoms with Gasteiger partial charge in [0.25, 0.3) is 6.43 Å². The lowest BCUT2D eigenvalue weighted by molar-refractivity contribution is 0.0691. The fourth-order valence-corrected chi connectivity index (χ4v) is 2.99. The van der Waals surface area contributed by atoms with E-state index in [-0.39, 0.29) is 21.7 Å². The van der Waals surface area contributed by atoms with Gasteiger partial charge in [0, 0.05) is 18.1 Å². The van der Waals surface area contributed by atoms with Crippen LogP contribution in [0.5, 0.6) is 5.75 Å². The smallest absolute Gasteiger partial charge is 0.355 e. The Hall–Kier alpha value is -2.29. The number of anilines is 2. The summed E-state index contributed by atoms with van der Waals surface area (Å²) in [6.45, 7) is 2.46. The van der Waals surface area contributed by atoms with Gasteiger partial charge in [-0.25, -0.2) is 18.6 Å².